The van der Waals surface area contributed by atoms with Gasteiger partial charge in [0.1, 0.15) is 17.7 Å². The van der Waals surface area contributed by atoms with E-state index in [0.29, 0.717) is 6.42 Å². The number of unbranched alkanes of at least 4 members (excludes halogenated alkanes) is 1. The van der Waals surface area contributed by atoms with Crippen LogP contribution in [0.3, 0.4) is 0 Å². The number of hydrogen-bond donors (Lipinski definition) is 2. The van der Waals surface area contributed by atoms with E-state index in [0.717, 1.165) is 25.0 Å². The lowest BCUT2D eigenvalue weighted by atomic mass is 10.1. The molecule has 0 aliphatic rings. The maximum atomic E-state index is 13.4. The Hall–Kier alpha value is -1.98. The summed E-state index contributed by atoms with van der Waals surface area (Å²) in [6.45, 7) is 1.94. The van der Waals surface area contributed by atoms with Gasteiger partial charge in [-0.2, -0.15) is 0 Å². The van der Waals surface area contributed by atoms with Crippen molar-refractivity contribution in [3.8, 4) is 0 Å². The maximum Gasteiger partial charge on any atom is 0.239 e. The molecule has 0 aliphatic carbocycles. The fourth-order valence-electron chi connectivity index (χ4n) is 1.80. The van der Waals surface area contributed by atoms with Crippen molar-refractivity contribution in [1.82, 2.24) is 5.32 Å². The van der Waals surface area contributed by atoms with Crippen LogP contribution in [0.25, 0.3) is 0 Å². The van der Waals surface area contributed by atoms with E-state index in [1.807, 2.05) is 6.92 Å². The van der Waals surface area contributed by atoms with Crippen molar-refractivity contribution in [2.24, 2.45) is 5.73 Å². The van der Waals surface area contributed by atoms with Crippen molar-refractivity contribution >= 4 is 11.8 Å². The molecule has 0 aliphatic heterocycles. The fourth-order valence-corrected chi connectivity index (χ4v) is 1.80. The highest BCUT2D eigenvalue weighted by atomic mass is 19.1. The van der Waals surface area contributed by atoms with Gasteiger partial charge in [-0.15, -0.1) is 0 Å². The van der Waals surface area contributed by atoms with E-state index in [4.69, 9.17) is 5.73 Å². The molecular formula is C14H18F2N2O2. The Balaban J connectivity index is 2.68. The van der Waals surface area contributed by atoms with Crippen LogP contribution >= 0.6 is 0 Å². The van der Waals surface area contributed by atoms with Gasteiger partial charge in [-0.3, -0.25) is 9.59 Å². The quantitative estimate of drug-likeness (QED) is 0.799. The molecule has 0 heterocycles. The van der Waals surface area contributed by atoms with Gasteiger partial charge in [-0.1, -0.05) is 25.8 Å². The molecule has 0 unspecified atom stereocenters. The van der Waals surface area contributed by atoms with Crippen LogP contribution in [0.1, 0.15) is 31.7 Å². The highest BCUT2D eigenvalue weighted by Gasteiger charge is 2.19. The highest BCUT2D eigenvalue weighted by molar-refractivity contribution is 5.87. The molecule has 1 aromatic rings. The number of carbonyl (C=O) groups excluding carboxylic acids is 2. The number of benzene rings is 1. The molecule has 20 heavy (non-hydrogen) atoms. The van der Waals surface area contributed by atoms with Crippen LogP contribution in [0.5, 0.6) is 0 Å². The Bertz CT molecular complexity index is 472. The second kappa shape index (κ2) is 7.57. The summed E-state index contributed by atoms with van der Waals surface area (Å²) < 4.78 is 26.8. The summed E-state index contributed by atoms with van der Waals surface area (Å²) in [5.74, 6) is -2.86. The lowest BCUT2D eigenvalue weighted by molar-refractivity contribution is -0.127. The lowest BCUT2D eigenvalue weighted by Gasteiger charge is -2.15. The summed E-state index contributed by atoms with van der Waals surface area (Å²) in [6, 6.07) is 2.57. The number of primary amides is 1. The predicted octanol–water partition coefficient (Wildman–Crippen LogP) is 1.67. The van der Waals surface area contributed by atoms with E-state index >= 15 is 0 Å². The number of nitrogens with one attached hydrogen (secondary N) is 1. The molecule has 6 heteroatoms. The minimum absolute atomic E-state index is 0.316. The minimum Gasteiger partial charge on any atom is -0.368 e. The third kappa shape index (κ3) is 4.60. The Labute approximate surface area is 116 Å². The molecule has 0 bridgehead atoms. The number of amides is 2. The van der Waals surface area contributed by atoms with Crippen LogP contribution in [0.4, 0.5) is 8.78 Å². The third-order valence-electron chi connectivity index (χ3n) is 2.92. The van der Waals surface area contributed by atoms with E-state index in [1.54, 1.807) is 0 Å². The zero-order chi connectivity index (χ0) is 15.1. The van der Waals surface area contributed by atoms with Crippen molar-refractivity contribution in [3.63, 3.8) is 0 Å². The molecule has 3 N–H and O–H groups in total. The molecule has 1 atom stereocenters. The zero-order valence-electron chi connectivity index (χ0n) is 11.3. The SMILES string of the molecule is CCCC[C@H](NC(=O)Cc1c(F)cccc1F)C(N)=O. The number of halogens is 2. The minimum atomic E-state index is -0.808. The Kier molecular flexibility index (Phi) is 6.09. The van der Waals surface area contributed by atoms with E-state index < -0.39 is 35.9 Å². The molecule has 0 saturated heterocycles. The van der Waals surface area contributed by atoms with Gasteiger partial charge in [0.05, 0.1) is 6.42 Å². The molecule has 110 valence electrons. The fraction of sp³-hybridized carbons (Fsp3) is 0.429. The lowest BCUT2D eigenvalue weighted by Crippen LogP contribution is -2.45. The molecule has 0 aromatic heterocycles. The molecular weight excluding hydrogens is 266 g/mol. The molecule has 0 saturated carbocycles. The summed E-state index contributed by atoms with van der Waals surface area (Å²) in [4.78, 5) is 22.9. The average Bonchev–Trinajstić information content (AvgIpc) is 2.38. The van der Waals surface area contributed by atoms with Gasteiger partial charge in [0.15, 0.2) is 0 Å². The van der Waals surface area contributed by atoms with Gasteiger partial charge >= 0.3 is 0 Å². The van der Waals surface area contributed by atoms with Crippen molar-refractivity contribution in [2.45, 2.75) is 38.6 Å². The number of rotatable bonds is 7. The smallest absolute Gasteiger partial charge is 0.239 e. The second-order valence-electron chi connectivity index (χ2n) is 4.54. The first-order chi connectivity index (χ1) is 9.45. The van der Waals surface area contributed by atoms with Gasteiger partial charge in [0.25, 0.3) is 0 Å². The van der Waals surface area contributed by atoms with Crippen molar-refractivity contribution in [2.75, 3.05) is 0 Å². The zero-order valence-corrected chi connectivity index (χ0v) is 11.3. The summed E-state index contributed by atoms with van der Waals surface area (Å²) in [5.41, 5.74) is 4.86. The first kappa shape index (κ1) is 16.1. The number of hydrogen-bond acceptors (Lipinski definition) is 2. The highest BCUT2D eigenvalue weighted by Crippen LogP contribution is 2.12. The summed E-state index contributed by atoms with van der Waals surface area (Å²) in [7, 11) is 0. The second-order valence-corrected chi connectivity index (χ2v) is 4.54. The number of carbonyl (C=O) groups is 2. The molecule has 4 nitrogen and oxygen atoms in total. The van der Waals surface area contributed by atoms with Gasteiger partial charge in [-0.05, 0) is 18.6 Å². The van der Waals surface area contributed by atoms with Crippen LogP contribution in [-0.2, 0) is 16.0 Å². The van der Waals surface area contributed by atoms with Crippen LogP contribution < -0.4 is 11.1 Å². The largest absolute Gasteiger partial charge is 0.368 e. The molecule has 0 spiro atoms. The van der Waals surface area contributed by atoms with Gasteiger partial charge < -0.3 is 11.1 Å². The Morgan fingerprint density at radius 2 is 1.90 bits per heavy atom. The molecule has 0 fully saturated rings. The Morgan fingerprint density at radius 3 is 2.40 bits per heavy atom. The average molecular weight is 284 g/mol. The van der Waals surface area contributed by atoms with Crippen molar-refractivity contribution in [3.05, 3.63) is 35.4 Å². The topological polar surface area (TPSA) is 72.2 Å². The summed E-state index contributed by atoms with van der Waals surface area (Å²) in [6.07, 6.45) is 1.52. The van der Waals surface area contributed by atoms with Crippen molar-refractivity contribution in [1.29, 1.82) is 0 Å². The van der Waals surface area contributed by atoms with E-state index in [-0.39, 0.29) is 5.56 Å². The van der Waals surface area contributed by atoms with Crippen molar-refractivity contribution < 1.29 is 18.4 Å². The van der Waals surface area contributed by atoms with Gasteiger partial charge in [0.2, 0.25) is 11.8 Å². The van der Waals surface area contributed by atoms with Crippen LogP contribution in [0, 0.1) is 11.6 Å². The van der Waals surface area contributed by atoms with Crippen LogP contribution in [-0.4, -0.2) is 17.9 Å². The van der Waals surface area contributed by atoms with Gasteiger partial charge in [-0.25, -0.2) is 8.78 Å². The normalized spacial score (nSPS) is 11.9. The van der Waals surface area contributed by atoms with E-state index in [1.165, 1.54) is 6.07 Å². The predicted molar refractivity (Wildman–Crippen MR) is 70.7 cm³/mol. The standard InChI is InChI=1S/C14H18F2N2O2/c1-2-3-7-12(14(17)20)18-13(19)8-9-10(15)5-4-6-11(9)16/h4-6,12H,2-3,7-8H2,1H3,(H2,17,20)(H,18,19)/t12-/m0/s1. The Morgan fingerprint density at radius 1 is 1.30 bits per heavy atom. The molecule has 1 aromatic carbocycles. The molecule has 2 amide bonds. The van der Waals surface area contributed by atoms with E-state index in [2.05, 4.69) is 5.32 Å². The number of nitrogens with two attached hydrogens (primary N) is 1. The van der Waals surface area contributed by atoms with E-state index in [9.17, 15) is 18.4 Å². The van der Waals surface area contributed by atoms with Crippen LogP contribution in [0.15, 0.2) is 18.2 Å². The maximum absolute atomic E-state index is 13.4. The first-order valence-corrected chi connectivity index (χ1v) is 6.47. The third-order valence-corrected chi connectivity index (χ3v) is 2.92. The summed E-state index contributed by atoms with van der Waals surface area (Å²) in [5, 5.41) is 2.41. The monoisotopic (exact) mass is 284 g/mol. The molecule has 1 rings (SSSR count). The summed E-state index contributed by atoms with van der Waals surface area (Å²) >= 11 is 0. The van der Waals surface area contributed by atoms with Gasteiger partial charge in [0, 0.05) is 5.56 Å². The van der Waals surface area contributed by atoms with Crippen LogP contribution in [0.2, 0.25) is 0 Å². The first-order valence-electron chi connectivity index (χ1n) is 6.47. The molecule has 0 radical (unpaired) electrons.